The zero-order valence-electron chi connectivity index (χ0n) is 10.1. The molecule has 0 spiro atoms. The fourth-order valence-electron chi connectivity index (χ4n) is 1.64. The van der Waals surface area contributed by atoms with Crippen LogP contribution in [-0.2, 0) is 0 Å². The van der Waals surface area contributed by atoms with Gasteiger partial charge in [0, 0.05) is 16.6 Å². The normalized spacial score (nSPS) is 17.7. The number of rotatable bonds is 2. The maximum Gasteiger partial charge on any atom is 0.101 e. The molecule has 4 heteroatoms. The number of pyridine rings is 2. The van der Waals surface area contributed by atoms with E-state index in [2.05, 4.69) is 39.7 Å². The van der Waals surface area contributed by atoms with Crippen LogP contribution in [0.25, 0.3) is 0 Å². The van der Waals surface area contributed by atoms with Crippen molar-refractivity contribution >= 4 is 26.4 Å². The molecular weight excluding hydrogens is 272 g/mol. The number of hydrogen-bond acceptors (Lipinski definition) is 3. The molecule has 0 aliphatic carbocycles. The van der Waals surface area contributed by atoms with Crippen LogP contribution in [0.3, 0.4) is 0 Å². The number of allylic oxidation sites excluding steroid dienone is 2. The first-order valence-electron chi connectivity index (χ1n) is 5.88. The molecule has 0 saturated heterocycles. The van der Waals surface area contributed by atoms with Gasteiger partial charge in [0.05, 0.1) is 5.03 Å². The largest absolute Gasteiger partial charge is 0.250 e. The van der Waals surface area contributed by atoms with Gasteiger partial charge in [0.2, 0.25) is 0 Å². The van der Waals surface area contributed by atoms with E-state index in [1.165, 1.54) is 4.20 Å². The second-order valence-corrected chi connectivity index (χ2v) is 6.91. The lowest BCUT2D eigenvalue weighted by molar-refractivity contribution is 1.14. The Morgan fingerprint density at radius 1 is 0.895 bits per heavy atom. The topological polar surface area (TPSA) is 25.8 Å². The van der Waals surface area contributed by atoms with E-state index < -0.39 is 0 Å². The molecule has 0 bridgehead atoms. The molecule has 0 saturated carbocycles. The molecular formula is C15H12N2S2. The molecule has 1 atom stereocenters. The minimum Gasteiger partial charge on any atom is -0.250 e. The number of nitrogens with zero attached hydrogens (tertiary/aromatic N) is 2. The van der Waals surface area contributed by atoms with Crippen LogP contribution in [0.4, 0.5) is 0 Å². The summed E-state index contributed by atoms with van der Waals surface area (Å²) in [6.45, 7) is 0. The molecule has 1 unspecified atom stereocenters. The van der Waals surface area contributed by atoms with Crippen LogP contribution in [0.5, 0.6) is 0 Å². The van der Waals surface area contributed by atoms with Gasteiger partial charge in [-0.1, -0.05) is 46.5 Å². The SMILES string of the molecule is C1=CC(Sc2ccccn2)=S(c2ccccn2)C=C1. The van der Waals surface area contributed by atoms with Crippen LogP contribution < -0.4 is 0 Å². The Kier molecular flexibility index (Phi) is 3.91. The maximum atomic E-state index is 4.47. The molecule has 0 radical (unpaired) electrons. The van der Waals surface area contributed by atoms with Gasteiger partial charge in [0.15, 0.2) is 0 Å². The summed E-state index contributed by atoms with van der Waals surface area (Å²) < 4.78 is 1.28. The average Bonchev–Trinajstić information content (AvgIpc) is 2.50. The van der Waals surface area contributed by atoms with E-state index in [4.69, 9.17) is 0 Å². The summed E-state index contributed by atoms with van der Waals surface area (Å²) in [5.41, 5.74) is 0. The first-order valence-corrected chi connectivity index (χ1v) is 7.99. The number of thioether (sulfide) groups is 1. The van der Waals surface area contributed by atoms with Crippen molar-refractivity contribution in [2.75, 3.05) is 0 Å². The molecule has 0 aromatic carbocycles. The van der Waals surface area contributed by atoms with Crippen LogP contribution in [0.15, 0.2) is 82.5 Å². The van der Waals surface area contributed by atoms with E-state index >= 15 is 0 Å². The standard InChI is InChI=1S/C15H12N2S2/c1-4-10-16-13(7-1)18-15-9-3-6-12-19(15)14-8-2-5-11-17-14/h1-12H. The monoisotopic (exact) mass is 284 g/mol. The highest BCUT2D eigenvalue weighted by Gasteiger charge is 2.08. The van der Waals surface area contributed by atoms with Gasteiger partial charge >= 0.3 is 0 Å². The summed E-state index contributed by atoms with van der Waals surface area (Å²) in [7, 11) is -0.0852. The van der Waals surface area contributed by atoms with Gasteiger partial charge in [-0.3, -0.25) is 4.98 Å². The molecule has 0 amide bonds. The summed E-state index contributed by atoms with van der Waals surface area (Å²) >= 11 is 1.71. The zero-order chi connectivity index (χ0) is 12.9. The van der Waals surface area contributed by atoms with Gasteiger partial charge in [0.25, 0.3) is 0 Å². The zero-order valence-corrected chi connectivity index (χ0v) is 11.8. The Labute approximate surface area is 119 Å². The molecule has 2 aromatic rings. The van der Waals surface area contributed by atoms with Crippen LogP contribution in [0.2, 0.25) is 0 Å². The Balaban J connectivity index is 1.99. The van der Waals surface area contributed by atoms with Crippen LogP contribution >= 0.6 is 22.2 Å². The third-order valence-electron chi connectivity index (χ3n) is 2.48. The van der Waals surface area contributed by atoms with Gasteiger partial charge < -0.3 is 0 Å². The molecule has 2 aromatic heterocycles. The van der Waals surface area contributed by atoms with E-state index in [0.717, 1.165) is 10.1 Å². The second kappa shape index (κ2) is 5.99. The minimum absolute atomic E-state index is 0.0852. The van der Waals surface area contributed by atoms with Crippen molar-refractivity contribution in [2.45, 2.75) is 10.1 Å². The fraction of sp³-hybridized carbons (Fsp3) is 0. The van der Waals surface area contributed by atoms with E-state index in [1.807, 2.05) is 42.7 Å². The quantitative estimate of drug-likeness (QED) is 0.776. The molecule has 2 nitrogen and oxygen atoms in total. The highest BCUT2D eigenvalue weighted by atomic mass is 32.2. The highest BCUT2D eigenvalue weighted by molar-refractivity contribution is 8.35. The summed E-state index contributed by atoms with van der Waals surface area (Å²) in [5, 5.41) is 4.32. The Hall–Kier alpha value is -1.65. The minimum atomic E-state index is -0.0852. The van der Waals surface area contributed by atoms with Crippen LogP contribution in [-0.4, -0.2) is 14.2 Å². The third kappa shape index (κ3) is 3.03. The summed E-state index contributed by atoms with van der Waals surface area (Å²) in [6, 6.07) is 12.0. The van der Waals surface area contributed by atoms with Crippen molar-refractivity contribution in [1.29, 1.82) is 0 Å². The van der Waals surface area contributed by atoms with Crippen molar-refractivity contribution in [1.82, 2.24) is 9.97 Å². The molecule has 0 N–H and O–H groups in total. The smallest absolute Gasteiger partial charge is 0.101 e. The summed E-state index contributed by atoms with van der Waals surface area (Å²) in [6.07, 6.45) is 9.97. The molecule has 94 valence electrons. The van der Waals surface area contributed by atoms with Gasteiger partial charge in [-0.15, -0.1) is 0 Å². The molecule has 1 aliphatic heterocycles. The van der Waals surface area contributed by atoms with E-state index in [0.29, 0.717) is 0 Å². The molecule has 0 fully saturated rings. The van der Waals surface area contributed by atoms with Crippen LogP contribution in [0.1, 0.15) is 0 Å². The predicted octanol–water partition coefficient (Wildman–Crippen LogP) is 4.11. The molecule has 3 rings (SSSR count). The van der Waals surface area contributed by atoms with E-state index in [9.17, 15) is 0 Å². The summed E-state index contributed by atoms with van der Waals surface area (Å²) in [5.74, 6) is 0. The molecule has 19 heavy (non-hydrogen) atoms. The first kappa shape index (κ1) is 12.4. The Morgan fingerprint density at radius 2 is 1.74 bits per heavy atom. The lowest BCUT2D eigenvalue weighted by Gasteiger charge is -2.11. The lowest BCUT2D eigenvalue weighted by atomic mass is 10.5. The van der Waals surface area contributed by atoms with Crippen molar-refractivity contribution in [3.63, 3.8) is 0 Å². The van der Waals surface area contributed by atoms with Gasteiger partial charge in [-0.05, 0) is 35.7 Å². The highest BCUT2D eigenvalue weighted by Crippen LogP contribution is 2.35. The van der Waals surface area contributed by atoms with Gasteiger partial charge in [0.1, 0.15) is 5.03 Å². The Bertz CT molecular complexity index is 646. The average molecular weight is 284 g/mol. The number of hydrogen-bond donors (Lipinski definition) is 0. The van der Waals surface area contributed by atoms with Crippen molar-refractivity contribution < 1.29 is 0 Å². The van der Waals surface area contributed by atoms with E-state index in [1.54, 1.807) is 11.8 Å². The Morgan fingerprint density at radius 3 is 2.47 bits per heavy atom. The second-order valence-electron chi connectivity index (χ2n) is 3.78. The first-order chi connectivity index (χ1) is 9.43. The van der Waals surface area contributed by atoms with Crippen LogP contribution in [0, 0.1) is 0 Å². The van der Waals surface area contributed by atoms with Crippen molar-refractivity contribution in [3.05, 3.63) is 72.4 Å². The maximum absolute atomic E-state index is 4.47. The van der Waals surface area contributed by atoms with E-state index in [-0.39, 0.29) is 10.5 Å². The lowest BCUT2D eigenvalue weighted by Crippen LogP contribution is -1.93. The van der Waals surface area contributed by atoms with Crippen molar-refractivity contribution in [2.24, 2.45) is 0 Å². The van der Waals surface area contributed by atoms with Crippen molar-refractivity contribution in [3.8, 4) is 0 Å². The predicted molar refractivity (Wildman–Crippen MR) is 83.5 cm³/mol. The molecule has 3 heterocycles. The summed E-state index contributed by atoms with van der Waals surface area (Å²) in [4.78, 5) is 8.84. The number of aromatic nitrogens is 2. The fourth-order valence-corrected chi connectivity index (χ4v) is 4.64. The van der Waals surface area contributed by atoms with Gasteiger partial charge in [-0.25, -0.2) is 4.98 Å². The third-order valence-corrected chi connectivity index (χ3v) is 5.75. The van der Waals surface area contributed by atoms with Gasteiger partial charge in [-0.2, -0.15) is 0 Å². The molecule has 1 aliphatic rings.